The number of allylic oxidation sites excluding steroid dienone is 1. The number of nitrogens with zero attached hydrogens (tertiary/aromatic N) is 5. The molecule has 0 saturated carbocycles. The molecular formula is C29H33N5O5. The molecule has 1 aromatic carbocycles. The second kappa shape index (κ2) is 12.0. The molecule has 0 radical (unpaired) electrons. The Labute approximate surface area is 228 Å². The second-order valence-electron chi connectivity index (χ2n) is 10.3. The van der Waals surface area contributed by atoms with Crippen LogP contribution in [0.4, 0.5) is 4.79 Å². The van der Waals surface area contributed by atoms with Crippen LogP contribution >= 0.6 is 0 Å². The van der Waals surface area contributed by atoms with Crippen molar-refractivity contribution in [2.75, 3.05) is 13.1 Å². The number of amides is 1. The number of carbonyl (C=O) groups is 2. The molecule has 1 atom stereocenters. The zero-order valence-electron chi connectivity index (χ0n) is 23.1. The van der Waals surface area contributed by atoms with Crippen molar-refractivity contribution in [3.8, 4) is 6.07 Å². The summed E-state index contributed by atoms with van der Waals surface area (Å²) in [7, 11) is 0. The SMILES string of the molecule is C=N/C(CN(C[C@H](O)c1ccc2c(c1C)COC2=O)C(=O)OC(C)(C)C)=N\C=C(/C)c1cc(C)c(C#N)cn1. The molecular weight excluding hydrogens is 498 g/mol. The molecule has 1 aliphatic rings. The number of aromatic nitrogens is 1. The molecule has 1 aliphatic heterocycles. The number of aryl methyl sites for hydroxylation is 1. The van der Waals surface area contributed by atoms with Crippen LogP contribution in [-0.2, 0) is 16.1 Å². The molecule has 10 heteroatoms. The van der Waals surface area contributed by atoms with E-state index >= 15 is 0 Å². The molecule has 0 unspecified atom stereocenters. The van der Waals surface area contributed by atoms with Crippen molar-refractivity contribution in [3.63, 3.8) is 0 Å². The summed E-state index contributed by atoms with van der Waals surface area (Å²) in [6, 6.07) is 7.17. The standard InChI is InChI=1S/C29H33N5O5/c1-17-10-24(32-13-20(17)11-30)18(2)12-33-26(31-7)15-34(28(37)39-29(4,5)6)14-25(35)21-8-9-22-23(19(21)3)16-38-27(22)36/h8-10,12-13,25,35H,7,14-16H2,1-6H3/b18-12+,33-26-/t25-/m0/s1. The maximum Gasteiger partial charge on any atom is 0.410 e. The third-order valence-electron chi connectivity index (χ3n) is 6.17. The lowest BCUT2D eigenvalue weighted by Crippen LogP contribution is -2.41. The van der Waals surface area contributed by atoms with Gasteiger partial charge in [0.25, 0.3) is 0 Å². The average molecular weight is 532 g/mol. The fraction of sp³-hybridized carbons (Fsp3) is 0.379. The number of pyridine rings is 1. The summed E-state index contributed by atoms with van der Waals surface area (Å²) in [5, 5.41) is 20.3. The van der Waals surface area contributed by atoms with Gasteiger partial charge in [0, 0.05) is 18.0 Å². The Morgan fingerprint density at radius 3 is 2.72 bits per heavy atom. The molecule has 1 aromatic heterocycles. The van der Waals surface area contributed by atoms with Gasteiger partial charge in [-0.2, -0.15) is 5.26 Å². The van der Waals surface area contributed by atoms with Gasteiger partial charge in [-0.15, -0.1) is 0 Å². The Bertz CT molecular complexity index is 1400. The molecule has 0 spiro atoms. The van der Waals surface area contributed by atoms with Crippen LogP contribution in [0.15, 0.2) is 40.6 Å². The molecule has 0 bridgehead atoms. The molecule has 1 N–H and O–H groups in total. The minimum Gasteiger partial charge on any atom is -0.457 e. The third kappa shape index (κ3) is 7.15. The van der Waals surface area contributed by atoms with E-state index in [1.807, 2.05) is 20.8 Å². The highest BCUT2D eigenvalue weighted by Gasteiger charge is 2.29. The van der Waals surface area contributed by atoms with Crippen LogP contribution in [0.2, 0.25) is 0 Å². The Hall–Kier alpha value is -4.36. The number of aliphatic hydroxyl groups excluding tert-OH is 1. The number of fused-ring (bicyclic) bond motifs is 1. The number of hydrogen-bond acceptors (Lipinski definition) is 8. The largest absolute Gasteiger partial charge is 0.457 e. The van der Waals surface area contributed by atoms with Crippen molar-refractivity contribution >= 4 is 30.2 Å². The van der Waals surface area contributed by atoms with Crippen molar-refractivity contribution in [1.29, 1.82) is 5.26 Å². The van der Waals surface area contributed by atoms with Crippen molar-refractivity contribution in [2.45, 2.75) is 59.9 Å². The third-order valence-corrected chi connectivity index (χ3v) is 6.17. The van der Waals surface area contributed by atoms with Gasteiger partial charge in [0.05, 0.1) is 36.0 Å². The monoisotopic (exact) mass is 531 g/mol. The molecule has 0 fully saturated rings. The summed E-state index contributed by atoms with van der Waals surface area (Å²) in [5.41, 5.74) is 4.39. The number of rotatable bonds is 7. The van der Waals surface area contributed by atoms with Crippen LogP contribution in [0.3, 0.4) is 0 Å². The van der Waals surface area contributed by atoms with Crippen LogP contribution in [0, 0.1) is 25.2 Å². The fourth-order valence-corrected chi connectivity index (χ4v) is 3.99. The normalized spacial score (nSPS) is 14.3. The Morgan fingerprint density at radius 1 is 1.38 bits per heavy atom. The fourth-order valence-electron chi connectivity index (χ4n) is 3.99. The maximum absolute atomic E-state index is 13.1. The van der Waals surface area contributed by atoms with E-state index in [9.17, 15) is 14.7 Å². The first kappa shape index (κ1) is 29.2. The molecule has 204 valence electrons. The zero-order valence-corrected chi connectivity index (χ0v) is 23.1. The molecule has 2 heterocycles. The van der Waals surface area contributed by atoms with Crippen LogP contribution in [0.1, 0.15) is 77.7 Å². The number of aliphatic imine (C=N–C) groups is 2. The predicted molar refractivity (Wildman–Crippen MR) is 147 cm³/mol. The number of ether oxygens (including phenoxy) is 2. The lowest BCUT2D eigenvalue weighted by molar-refractivity contribution is 0.0179. The lowest BCUT2D eigenvalue weighted by Gasteiger charge is -2.29. The number of cyclic esters (lactones) is 1. The number of amidine groups is 1. The van der Waals surface area contributed by atoms with E-state index in [1.165, 1.54) is 11.1 Å². The minimum absolute atomic E-state index is 0.0787. The Balaban J connectivity index is 1.87. The van der Waals surface area contributed by atoms with Crippen molar-refractivity contribution in [1.82, 2.24) is 9.88 Å². The van der Waals surface area contributed by atoms with Gasteiger partial charge in [-0.25, -0.2) is 19.6 Å². The van der Waals surface area contributed by atoms with Gasteiger partial charge in [0.1, 0.15) is 24.1 Å². The van der Waals surface area contributed by atoms with Crippen molar-refractivity contribution < 1.29 is 24.2 Å². The Kier molecular flexibility index (Phi) is 8.99. The lowest BCUT2D eigenvalue weighted by atomic mass is 9.95. The number of nitriles is 1. The highest BCUT2D eigenvalue weighted by molar-refractivity contribution is 5.94. The maximum atomic E-state index is 13.1. The summed E-state index contributed by atoms with van der Waals surface area (Å²) in [6.45, 7) is 14.2. The first-order chi connectivity index (χ1) is 18.3. The summed E-state index contributed by atoms with van der Waals surface area (Å²) < 4.78 is 10.7. The van der Waals surface area contributed by atoms with Crippen LogP contribution in [0.5, 0.6) is 0 Å². The smallest absolute Gasteiger partial charge is 0.410 e. The van der Waals surface area contributed by atoms with Crippen LogP contribution in [0.25, 0.3) is 5.57 Å². The number of carbonyl (C=O) groups excluding carboxylic acids is 2. The van der Waals surface area contributed by atoms with E-state index in [2.05, 4.69) is 27.8 Å². The minimum atomic E-state index is -1.08. The summed E-state index contributed by atoms with van der Waals surface area (Å²) in [6.07, 6.45) is 1.34. The number of benzene rings is 1. The number of aliphatic hydroxyl groups is 1. The van der Waals surface area contributed by atoms with E-state index in [1.54, 1.807) is 45.2 Å². The summed E-state index contributed by atoms with van der Waals surface area (Å²) in [5.74, 6) is -0.167. The molecule has 1 amide bonds. The van der Waals surface area contributed by atoms with Gasteiger partial charge in [0.15, 0.2) is 0 Å². The highest BCUT2D eigenvalue weighted by Crippen LogP contribution is 2.29. The number of hydrogen-bond donors (Lipinski definition) is 1. The van der Waals surface area contributed by atoms with E-state index in [-0.39, 0.29) is 25.5 Å². The molecule has 0 saturated heterocycles. The van der Waals surface area contributed by atoms with Crippen molar-refractivity contribution in [2.24, 2.45) is 9.98 Å². The van der Waals surface area contributed by atoms with E-state index < -0.39 is 23.8 Å². The summed E-state index contributed by atoms with van der Waals surface area (Å²) >= 11 is 0. The first-order valence-corrected chi connectivity index (χ1v) is 12.4. The van der Waals surface area contributed by atoms with Crippen LogP contribution < -0.4 is 0 Å². The van der Waals surface area contributed by atoms with Gasteiger partial charge in [-0.1, -0.05) is 6.07 Å². The van der Waals surface area contributed by atoms with E-state index in [0.29, 0.717) is 22.4 Å². The van der Waals surface area contributed by atoms with E-state index in [0.717, 1.165) is 22.3 Å². The van der Waals surface area contributed by atoms with Gasteiger partial charge >= 0.3 is 12.1 Å². The molecule has 3 rings (SSSR count). The molecule has 39 heavy (non-hydrogen) atoms. The molecule has 2 aromatic rings. The van der Waals surface area contributed by atoms with Crippen LogP contribution in [-0.4, -0.2) is 58.3 Å². The Morgan fingerprint density at radius 2 is 2.10 bits per heavy atom. The topological polar surface area (TPSA) is 137 Å². The van der Waals surface area contributed by atoms with E-state index in [4.69, 9.17) is 14.7 Å². The summed E-state index contributed by atoms with van der Waals surface area (Å²) in [4.78, 5) is 39.0. The zero-order chi connectivity index (χ0) is 28.9. The number of esters is 1. The van der Waals surface area contributed by atoms with Crippen molar-refractivity contribution in [3.05, 3.63) is 69.7 Å². The van der Waals surface area contributed by atoms with Gasteiger partial charge in [-0.3, -0.25) is 9.88 Å². The van der Waals surface area contributed by atoms with Gasteiger partial charge in [-0.05, 0) is 82.7 Å². The molecule has 10 nitrogen and oxygen atoms in total. The van der Waals surface area contributed by atoms with Gasteiger partial charge < -0.3 is 14.6 Å². The molecule has 0 aliphatic carbocycles. The predicted octanol–water partition coefficient (Wildman–Crippen LogP) is 4.67. The quantitative estimate of drug-likeness (QED) is 0.311. The second-order valence-corrected chi connectivity index (χ2v) is 10.3. The first-order valence-electron chi connectivity index (χ1n) is 12.4. The van der Waals surface area contributed by atoms with Gasteiger partial charge in [0.2, 0.25) is 0 Å². The average Bonchev–Trinajstić information content (AvgIpc) is 3.26. The highest BCUT2D eigenvalue weighted by atomic mass is 16.6.